The lowest BCUT2D eigenvalue weighted by Crippen LogP contribution is -2.51. The average Bonchev–Trinajstić information content (AvgIpc) is 2.88. The monoisotopic (exact) mass is 547 g/mol. The molecule has 0 aromatic heterocycles. The maximum Gasteiger partial charge on any atom is 0.264 e. The molecule has 0 aliphatic heterocycles. The van der Waals surface area contributed by atoms with Crippen LogP contribution in [-0.2, 0) is 26.2 Å². The number of carbonyl (C=O) groups is 2. The molecular weight excluding hydrogens is 521 g/mol. The fraction of sp³-hybridized carbons (Fsp3) is 0.231. The quantitative estimate of drug-likeness (QED) is 0.397. The molecule has 7 nitrogen and oxygen atoms in total. The maximum atomic E-state index is 13.7. The second-order valence-corrected chi connectivity index (χ2v) is 10.7. The summed E-state index contributed by atoms with van der Waals surface area (Å²) in [5.41, 5.74) is 0.973. The van der Waals surface area contributed by atoms with Gasteiger partial charge in [-0.1, -0.05) is 71.7 Å². The smallest absolute Gasteiger partial charge is 0.264 e. The van der Waals surface area contributed by atoms with E-state index in [2.05, 4.69) is 5.32 Å². The van der Waals surface area contributed by atoms with Gasteiger partial charge in [0.25, 0.3) is 10.0 Å². The molecule has 2 amide bonds. The molecule has 0 fully saturated rings. The number of hydrogen-bond acceptors (Lipinski definition) is 4. The van der Waals surface area contributed by atoms with Gasteiger partial charge in [-0.15, -0.1) is 0 Å². The van der Waals surface area contributed by atoms with Crippen molar-refractivity contribution in [1.82, 2.24) is 10.2 Å². The number of nitrogens with zero attached hydrogens (tertiary/aromatic N) is 2. The standard InChI is InChI=1S/C26H27Cl2N3O4S/c1-3-29-26(33)19(2)30(17-20-10-6-4-7-11-20)25(32)18-31(21-14-15-23(27)24(28)16-21)36(34,35)22-12-8-5-9-13-22/h4-16,19H,3,17-18H2,1-2H3,(H,29,33). The van der Waals surface area contributed by atoms with Crippen LogP contribution in [0.4, 0.5) is 5.69 Å². The van der Waals surface area contributed by atoms with E-state index in [1.165, 1.54) is 35.2 Å². The predicted octanol–water partition coefficient (Wildman–Crippen LogP) is 4.74. The van der Waals surface area contributed by atoms with Gasteiger partial charge in [-0.25, -0.2) is 8.42 Å². The molecule has 0 bridgehead atoms. The zero-order valence-corrected chi connectivity index (χ0v) is 22.2. The van der Waals surface area contributed by atoms with Crippen molar-refractivity contribution in [1.29, 1.82) is 0 Å². The Hall–Kier alpha value is -3.07. The third-order valence-corrected chi connectivity index (χ3v) is 8.04. The van der Waals surface area contributed by atoms with Crippen molar-refractivity contribution >= 4 is 50.7 Å². The third-order valence-electron chi connectivity index (χ3n) is 5.52. The molecule has 0 saturated heterocycles. The summed E-state index contributed by atoms with van der Waals surface area (Å²) in [6.07, 6.45) is 0. The van der Waals surface area contributed by atoms with Gasteiger partial charge in [0.05, 0.1) is 20.6 Å². The van der Waals surface area contributed by atoms with Gasteiger partial charge in [0.15, 0.2) is 0 Å². The first-order valence-electron chi connectivity index (χ1n) is 11.3. The molecule has 0 saturated carbocycles. The second-order valence-electron chi connectivity index (χ2n) is 8.00. The highest BCUT2D eigenvalue weighted by atomic mass is 35.5. The summed E-state index contributed by atoms with van der Waals surface area (Å²) in [5, 5.41) is 3.12. The van der Waals surface area contributed by atoms with Crippen molar-refractivity contribution in [2.75, 3.05) is 17.4 Å². The van der Waals surface area contributed by atoms with Gasteiger partial charge in [-0.3, -0.25) is 13.9 Å². The van der Waals surface area contributed by atoms with Gasteiger partial charge in [-0.2, -0.15) is 0 Å². The van der Waals surface area contributed by atoms with E-state index >= 15 is 0 Å². The molecule has 10 heteroatoms. The molecule has 0 spiro atoms. The Morgan fingerprint density at radius 3 is 2.11 bits per heavy atom. The maximum absolute atomic E-state index is 13.7. The molecule has 0 aliphatic carbocycles. The van der Waals surface area contributed by atoms with Gasteiger partial charge in [0.2, 0.25) is 11.8 Å². The van der Waals surface area contributed by atoms with Gasteiger partial charge in [-0.05, 0) is 49.7 Å². The summed E-state index contributed by atoms with van der Waals surface area (Å²) >= 11 is 12.2. The van der Waals surface area contributed by atoms with Crippen molar-refractivity contribution in [3.63, 3.8) is 0 Å². The van der Waals surface area contributed by atoms with Crippen LogP contribution in [0.3, 0.4) is 0 Å². The van der Waals surface area contributed by atoms with Crippen LogP contribution in [0.2, 0.25) is 10.0 Å². The van der Waals surface area contributed by atoms with Gasteiger partial charge in [0.1, 0.15) is 12.6 Å². The van der Waals surface area contributed by atoms with Crippen molar-refractivity contribution in [3.8, 4) is 0 Å². The van der Waals surface area contributed by atoms with E-state index in [-0.39, 0.29) is 33.1 Å². The minimum absolute atomic E-state index is 0.00950. The lowest BCUT2D eigenvalue weighted by molar-refractivity contribution is -0.139. The summed E-state index contributed by atoms with van der Waals surface area (Å²) in [4.78, 5) is 27.7. The lowest BCUT2D eigenvalue weighted by atomic mass is 10.1. The van der Waals surface area contributed by atoms with Crippen LogP contribution < -0.4 is 9.62 Å². The normalized spacial score (nSPS) is 12.0. The van der Waals surface area contributed by atoms with E-state index in [9.17, 15) is 18.0 Å². The summed E-state index contributed by atoms with van der Waals surface area (Å²) in [7, 11) is -4.16. The first-order chi connectivity index (χ1) is 17.1. The highest BCUT2D eigenvalue weighted by Gasteiger charge is 2.32. The topological polar surface area (TPSA) is 86.8 Å². The Balaban J connectivity index is 2.03. The van der Waals surface area contributed by atoms with Crippen LogP contribution in [0.5, 0.6) is 0 Å². The summed E-state index contributed by atoms with van der Waals surface area (Å²) in [6, 6.07) is 20.5. The molecule has 0 heterocycles. The zero-order valence-electron chi connectivity index (χ0n) is 19.9. The van der Waals surface area contributed by atoms with E-state index in [4.69, 9.17) is 23.2 Å². The Labute approximate surface area is 221 Å². The molecule has 1 N–H and O–H groups in total. The number of anilines is 1. The number of nitrogens with one attached hydrogen (secondary N) is 1. The van der Waals surface area contributed by atoms with E-state index in [1.54, 1.807) is 32.0 Å². The minimum atomic E-state index is -4.16. The molecule has 3 aromatic carbocycles. The number of benzene rings is 3. The molecule has 3 rings (SSSR count). The third kappa shape index (κ3) is 6.57. The summed E-state index contributed by atoms with van der Waals surface area (Å²) < 4.78 is 28.3. The van der Waals surface area contributed by atoms with Crippen molar-refractivity contribution in [2.45, 2.75) is 31.3 Å². The van der Waals surface area contributed by atoms with E-state index in [0.29, 0.717) is 6.54 Å². The van der Waals surface area contributed by atoms with Crippen LogP contribution >= 0.6 is 23.2 Å². The highest BCUT2D eigenvalue weighted by molar-refractivity contribution is 7.92. The Bertz CT molecular complexity index is 1310. The van der Waals surface area contributed by atoms with Crippen molar-refractivity contribution in [3.05, 3.63) is 94.5 Å². The van der Waals surface area contributed by atoms with Gasteiger partial charge in [0, 0.05) is 13.1 Å². The van der Waals surface area contributed by atoms with Crippen LogP contribution in [0.25, 0.3) is 0 Å². The molecule has 36 heavy (non-hydrogen) atoms. The van der Waals surface area contributed by atoms with Crippen LogP contribution in [0.1, 0.15) is 19.4 Å². The van der Waals surface area contributed by atoms with Gasteiger partial charge >= 0.3 is 0 Å². The van der Waals surface area contributed by atoms with Crippen LogP contribution in [0, 0.1) is 0 Å². The first kappa shape index (κ1) is 27.5. The second kappa shape index (κ2) is 12.3. The van der Waals surface area contributed by atoms with Crippen LogP contribution in [0.15, 0.2) is 83.8 Å². The Kier molecular flexibility index (Phi) is 9.37. The number of carbonyl (C=O) groups excluding carboxylic acids is 2. The lowest BCUT2D eigenvalue weighted by Gasteiger charge is -2.32. The number of sulfonamides is 1. The molecule has 190 valence electrons. The predicted molar refractivity (Wildman–Crippen MR) is 143 cm³/mol. The number of hydrogen-bond donors (Lipinski definition) is 1. The average molecular weight is 548 g/mol. The molecule has 0 aliphatic rings. The van der Waals surface area contributed by atoms with E-state index in [1.807, 2.05) is 30.3 Å². The van der Waals surface area contributed by atoms with Crippen molar-refractivity contribution in [2.24, 2.45) is 0 Å². The fourth-order valence-corrected chi connectivity index (χ4v) is 5.29. The molecule has 1 unspecified atom stereocenters. The van der Waals surface area contributed by atoms with Crippen LogP contribution in [-0.4, -0.2) is 44.3 Å². The summed E-state index contributed by atoms with van der Waals surface area (Å²) in [5.74, 6) is -0.892. The van der Waals surface area contributed by atoms with E-state index in [0.717, 1.165) is 9.87 Å². The SMILES string of the molecule is CCNC(=O)C(C)N(Cc1ccccc1)C(=O)CN(c1ccc(Cl)c(Cl)c1)S(=O)(=O)c1ccccc1. The van der Waals surface area contributed by atoms with Crippen molar-refractivity contribution < 1.29 is 18.0 Å². The molecule has 1 atom stereocenters. The number of rotatable bonds is 10. The summed E-state index contributed by atoms with van der Waals surface area (Å²) in [6.45, 7) is 3.37. The first-order valence-corrected chi connectivity index (χ1v) is 13.5. The number of amides is 2. The number of halogens is 2. The van der Waals surface area contributed by atoms with E-state index < -0.39 is 28.5 Å². The Morgan fingerprint density at radius 2 is 1.53 bits per heavy atom. The molecule has 3 aromatic rings. The minimum Gasteiger partial charge on any atom is -0.355 e. The largest absolute Gasteiger partial charge is 0.355 e. The van der Waals surface area contributed by atoms with Gasteiger partial charge < -0.3 is 10.2 Å². The zero-order chi connectivity index (χ0) is 26.3. The molecular formula is C26H27Cl2N3O4S. The fourth-order valence-electron chi connectivity index (χ4n) is 3.57. The highest BCUT2D eigenvalue weighted by Crippen LogP contribution is 2.30. The Morgan fingerprint density at radius 1 is 0.917 bits per heavy atom. The number of likely N-dealkylation sites (N-methyl/N-ethyl adjacent to an activating group) is 1. The molecule has 0 radical (unpaired) electrons.